The topological polar surface area (TPSA) is 73.1 Å². The molecule has 0 radical (unpaired) electrons. The quantitative estimate of drug-likeness (QED) is 0.708. The fourth-order valence-electron chi connectivity index (χ4n) is 1.95. The molecule has 0 aliphatic heterocycles. The van der Waals surface area contributed by atoms with Crippen molar-refractivity contribution in [3.8, 4) is 11.6 Å². The van der Waals surface area contributed by atoms with Crippen molar-refractivity contribution in [1.29, 1.82) is 0 Å². The molecule has 0 amide bonds. The van der Waals surface area contributed by atoms with Crippen molar-refractivity contribution in [2.75, 3.05) is 11.4 Å². The van der Waals surface area contributed by atoms with Gasteiger partial charge in [0.1, 0.15) is 0 Å². The average Bonchev–Trinajstić information content (AvgIpc) is 3.16. The first-order valence-corrected chi connectivity index (χ1v) is 6.36. The largest absolute Gasteiger partial charge is 0.461 e. The van der Waals surface area contributed by atoms with Crippen LogP contribution in [0.15, 0.2) is 39.7 Å². The van der Waals surface area contributed by atoms with E-state index in [1.165, 1.54) is 0 Å². The number of anilines is 1. The number of furan rings is 1. The van der Waals surface area contributed by atoms with Crippen LogP contribution in [0.2, 0.25) is 0 Å². The fraction of sp³-hybridized carbons (Fsp3) is 0.308. The fourth-order valence-corrected chi connectivity index (χ4v) is 1.95. The maximum Gasteiger partial charge on any atom is 0.246 e. The molecule has 0 saturated carbocycles. The van der Waals surface area contributed by atoms with Gasteiger partial charge in [0, 0.05) is 19.8 Å². The predicted molar refractivity (Wildman–Crippen MR) is 71.9 cm³/mol. The standard InChI is InChI=1S/C13H15N5O2/c1-3-18(10-7-14-17(2)8-10)9-12-15-13(16-20-12)11-5-4-6-19-11/h4-8H,3,9H2,1-2H3. The van der Waals surface area contributed by atoms with E-state index in [-0.39, 0.29) is 0 Å². The Bertz CT molecular complexity index is 671. The second-order valence-corrected chi connectivity index (χ2v) is 4.38. The van der Waals surface area contributed by atoms with Crippen LogP contribution in [0.25, 0.3) is 11.6 Å². The molecule has 0 saturated heterocycles. The lowest BCUT2D eigenvalue weighted by Gasteiger charge is -2.18. The molecule has 0 spiro atoms. The maximum atomic E-state index is 5.26. The van der Waals surface area contributed by atoms with Crippen molar-refractivity contribution in [3.63, 3.8) is 0 Å². The predicted octanol–water partition coefficient (Wildman–Crippen LogP) is 2.09. The summed E-state index contributed by atoms with van der Waals surface area (Å²) in [5.74, 6) is 1.61. The first-order valence-electron chi connectivity index (χ1n) is 6.36. The lowest BCUT2D eigenvalue weighted by molar-refractivity contribution is 0.376. The normalized spacial score (nSPS) is 10.9. The summed E-state index contributed by atoms with van der Waals surface area (Å²) >= 11 is 0. The summed E-state index contributed by atoms with van der Waals surface area (Å²) in [5, 5.41) is 8.08. The van der Waals surface area contributed by atoms with E-state index >= 15 is 0 Å². The molecule has 104 valence electrons. The Morgan fingerprint density at radius 2 is 2.30 bits per heavy atom. The minimum Gasteiger partial charge on any atom is -0.461 e. The molecule has 0 unspecified atom stereocenters. The molecule has 7 heteroatoms. The molecule has 20 heavy (non-hydrogen) atoms. The molecule has 3 aromatic heterocycles. The highest BCUT2D eigenvalue weighted by molar-refractivity contribution is 5.45. The summed E-state index contributed by atoms with van der Waals surface area (Å²) in [7, 11) is 1.89. The Hall–Kier alpha value is -2.57. The Kier molecular flexibility index (Phi) is 3.24. The SMILES string of the molecule is CCN(Cc1nc(-c2ccco2)no1)c1cnn(C)c1. The minimum atomic E-state index is 0.465. The van der Waals surface area contributed by atoms with Gasteiger partial charge in [-0.15, -0.1) is 0 Å². The zero-order valence-corrected chi connectivity index (χ0v) is 11.4. The molecule has 0 bridgehead atoms. The highest BCUT2D eigenvalue weighted by Crippen LogP contribution is 2.18. The third kappa shape index (κ3) is 2.42. The Labute approximate surface area is 115 Å². The second kappa shape index (κ2) is 5.20. The van der Waals surface area contributed by atoms with Gasteiger partial charge in [0.2, 0.25) is 11.7 Å². The Balaban J connectivity index is 1.76. The molecule has 0 aliphatic carbocycles. The first kappa shape index (κ1) is 12.5. The number of nitrogens with zero attached hydrogens (tertiary/aromatic N) is 5. The minimum absolute atomic E-state index is 0.465. The summed E-state index contributed by atoms with van der Waals surface area (Å²) in [6, 6.07) is 3.59. The van der Waals surface area contributed by atoms with Gasteiger partial charge in [-0.1, -0.05) is 5.16 Å². The summed E-state index contributed by atoms with van der Waals surface area (Å²) in [6.07, 6.45) is 5.35. The van der Waals surface area contributed by atoms with Gasteiger partial charge in [0.15, 0.2) is 5.76 Å². The summed E-state index contributed by atoms with van der Waals surface area (Å²) in [4.78, 5) is 6.44. The average molecular weight is 273 g/mol. The van der Waals surface area contributed by atoms with E-state index in [1.807, 2.05) is 19.4 Å². The van der Waals surface area contributed by atoms with Gasteiger partial charge < -0.3 is 13.8 Å². The van der Waals surface area contributed by atoms with Gasteiger partial charge >= 0.3 is 0 Å². The van der Waals surface area contributed by atoms with Crippen LogP contribution in [-0.2, 0) is 13.6 Å². The van der Waals surface area contributed by atoms with Crippen molar-refractivity contribution in [1.82, 2.24) is 19.9 Å². The Morgan fingerprint density at radius 3 is 2.95 bits per heavy atom. The van der Waals surface area contributed by atoms with Gasteiger partial charge in [-0.3, -0.25) is 4.68 Å². The van der Waals surface area contributed by atoms with E-state index in [0.29, 0.717) is 24.0 Å². The molecule has 0 N–H and O–H groups in total. The monoisotopic (exact) mass is 273 g/mol. The molecule has 3 heterocycles. The van der Waals surface area contributed by atoms with Gasteiger partial charge in [0.05, 0.1) is 24.7 Å². The van der Waals surface area contributed by atoms with Crippen LogP contribution in [0.4, 0.5) is 5.69 Å². The van der Waals surface area contributed by atoms with E-state index in [2.05, 4.69) is 27.1 Å². The first-order chi connectivity index (χ1) is 9.76. The third-order valence-electron chi connectivity index (χ3n) is 2.97. The molecule has 0 fully saturated rings. The molecular formula is C13H15N5O2. The second-order valence-electron chi connectivity index (χ2n) is 4.38. The van der Waals surface area contributed by atoms with Crippen LogP contribution in [0.1, 0.15) is 12.8 Å². The zero-order valence-electron chi connectivity index (χ0n) is 11.4. The maximum absolute atomic E-state index is 5.26. The van der Waals surface area contributed by atoms with Crippen molar-refractivity contribution in [2.24, 2.45) is 7.05 Å². The number of aromatic nitrogens is 4. The highest BCUT2D eigenvalue weighted by atomic mass is 16.5. The lowest BCUT2D eigenvalue weighted by Crippen LogP contribution is -2.21. The lowest BCUT2D eigenvalue weighted by atomic mass is 10.4. The highest BCUT2D eigenvalue weighted by Gasteiger charge is 2.14. The smallest absolute Gasteiger partial charge is 0.246 e. The number of rotatable bonds is 5. The van der Waals surface area contributed by atoms with E-state index in [1.54, 1.807) is 23.1 Å². The van der Waals surface area contributed by atoms with Gasteiger partial charge in [0.25, 0.3) is 0 Å². The van der Waals surface area contributed by atoms with Crippen LogP contribution >= 0.6 is 0 Å². The van der Waals surface area contributed by atoms with Crippen LogP contribution in [-0.4, -0.2) is 26.5 Å². The number of aryl methyl sites for hydroxylation is 1. The van der Waals surface area contributed by atoms with Crippen molar-refractivity contribution in [3.05, 3.63) is 36.7 Å². The summed E-state index contributed by atoms with van der Waals surface area (Å²) in [5.41, 5.74) is 1.02. The summed E-state index contributed by atoms with van der Waals surface area (Å²) < 4.78 is 12.3. The van der Waals surface area contributed by atoms with Gasteiger partial charge in [-0.25, -0.2) is 0 Å². The van der Waals surface area contributed by atoms with E-state index in [9.17, 15) is 0 Å². The van der Waals surface area contributed by atoms with E-state index < -0.39 is 0 Å². The zero-order chi connectivity index (χ0) is 13.9. The van der Waals surface area contributed by atoms with Crippen LogP contribution < -0.4 is 4.90 Å². The van der Waals surface area contributed by atoms with E-state index in [4.69, 9.17) is 8.94 Å². The van der Waals surface area contributed by atoms with Crippen molar-refractivity contribution in [2.45, 2.75) is 13.5 Å². The molecule has 0 atom stereocenters. The third-order valence-corrected chi connectivity index (χ3v) is 2.97. The van der Waals surface area contributed by atoms with Crippen molar-refractivity contribution < 1.29 is 8.94 Å². The molecule has 7 nitrogen and oxygen atoms in total. The molecule has 0 aliphatic rings. The van der Waals surface area contributed by atoms with Gasteiger partial charge in [-0.2, -0.15) is 10.1 Å². The number of hydrogen-bond acceptors (Lipinski definition) is 6. The van der Waals surface area contributed by atoms with Crippen LogP contribution in [0.3, 0.4) is 0 Å². The van der Waals surface area contributed by atoms with Crippen molar-refractivity contribution >= 4 is 5.69 Å². The van der Waals surface area contributed by atoms with Gasteiger partial charge in [-0.05, 0) is 19.1 Å². The molecular weight excluding hydrogens is 258 g/mol. The molecule has 0 aromatic carbocycles. The van der Waals surface area contributed by atoms with Crippen LogP contribution in [0, 0.1) is 0 Å². The molecule has 3 aromatic rings. The van der Waals surface area contributed by atoms with E-state index in [0.717, 1.165) is 12.2 Å². The Morgan fingerprint density at radius 1 is 1.40 bits per heavy atom. The molecule has 3 rings (SSSR count). The summed E-state index contributed by atoms with van der Waals surface area (Å²) in [6.45, 7) is 3.43. The van der Waals surface area contributed by atoms with Crippen LogP contribution in [0.5, 0.6) is 0 Å². The number of hydrogen-bond donors (Lipinski definition) is 0.